The second-order valence-corrected chi connectivity index (χ2v) is 8.82. The molecule has 0 aromatic carbocycles. The fourth-order valence-corrected chi connectivity index (χ4v) is 4.63. The molecule has 0 radical (unpaired) electrons. The minimum atomic E-state index is -1.16. The van der Waals surface area contributed by atoms with E-state index < -0.39 is 36.6 Å². The van der Waals surface area contributed by atoms with Gasteiger partial charge in [-0.3, -0.25) is 9.36 Å². The van der Waals surface area contributed by atoms with Gasteiger partial charge in [-0.15, -0.1) is 0 Å². The zero-order valence-electron chi connectivity index (χ0n) is 15.1. The Labute approximate surface area is 169 Å². The maximum absolute atomic E-state index is 10.8. The van der Waals surface area contributed by atoms with Gasteiger partial charge in [-0.1, -0.05) is 0 Å². The molecule has 0 aliphatic carbocycles. The second kappa shape index (κ2) is 9.20. The van der Waals surface area contributed by atoms with Gasteiger partial charge in [0.15, 0.2) is 17.7 Å². The van der Waals surface area contributed by atoms with E-state index in [0.29, 0.717) is 29.1 Å². The van der Waals surface area contributed by atoms with Gasteiger partial charge in [0, 0.05) is 6.42 Å². The fraction of sp³-hybridized carbons (Fsp3) is 0.600. The minimum Gasteiger partial charge on any atom is -1.00 e. The number of carbonyl (C=O) groups is 1. The van der Waals surface area contributed by atoms with Gasteiger partial charge in [0.2, 0.25) is 0 Å². The summed E-state index contributed by atoms with van der Waals surface area (Å²) in [6.07, 6.45) is 1.31. The van der Waals surface area contributed by atoms with Gasteiger partial charge in [-0.2, -0.15) is 0 Å². The Bertz CT molecular complexity index is 825. The largest absolute Gasteiger partial charge is 1.00 e. The number of aliphatic hydroxyl groups excluding tert-OH is 2. The van der Waals surface area contributed by atoms with Crippen LogP contribution in [-0.2, 0) is 20.4 Å². The van der Waals surface area contributed by atoms with Crippen molar-refractivity contribution in [2.75, 3.05) is 23.5 Å². The molecule has 11 nitrogen and oxygen atoms in total. The highest BCUT2D eigenvalue weighted by molar-refractivity contribution is 7.96. The lowest BCUT2D eigenvalue weighted by Gasteiger charge is -2.16. The van der Waals surface area contributed by atoms with Crippen LogP contribution in [0.25, 0.3) is 11.2 Å². The molecule has 3 heterocycles. The average molecular weight is 435 g/mol. The lowest BCUT2D eigenvalue weighted by Crippen LogP contribution is -3.00. The van der Waals surface area contributed by atoms with Crippen LogP contribution in [0.1, 0.15) is 12.6 Å². The number of ether oxygens (including phenoxy) is 1. The molecule has 1 unspecified atom stereocenters. The summed E-state index contributed by atoms with van der Waals surface area (Å²) >= 11 is 0. The Balaban J connectivity index is 0.00000280. The van der Waals surface area contributed by atoms with Gasteiger partial charge in [0.05, 0.1) is 12.6 Å². The maximum atomic E-state index is 10.8. The summed E-state index contributed by atoms with van der Waals surface area (Å²) in [6, 6.07) is -0.907. The van der Waals surface area contributed by atoms with Crippen LogP contribution in [0.15, 0.2) is 12.7 Å². The highest BCUT2D eigenvalue weighted by atomic mass is 35.5. The molecular weight excluding hydrogens is 412 g/mol. The van der Waals surface area contributed by atoms with E-state index in [1.807, 2.05) is 6.26 Å². The van der Waals surface area contributed by atoms with Crippen molar-refractivity contribution in [2.45, 2.75) is 37.0 Å². The first-order chi connectivity index (χ1) is 12.8. The third kappa shape index (κ3) is 4.47. The third-order valence-electron chi connectivity index (χ3n) is 4.54. The van der Waals surface area contributed by atoms with Crippen LogP contribution in [-0.4, -0.2) is 82.9 Å². The standard InChI is InChI=1S/C15H22N6O5S.ClH/c1-27(3-2-7(16)15(24)25)4-8-10(22)11(23)14(26-8)21-6-20-9-12(17)18-5-19-13(9)21;/h5-8,10-11,14,22-23H,2-4,16H2,1H3,(H2-,17,18,19,24,25);1H/t7-,8+,10+,11+,14+,27?;/m1./s1. The molecule has 156 valence electrons. The Kier molecular flexibility index (Phi) is 7.42. The van der Waals surface area contributed by atoms with Crippen LogP contribution in [0.2, 0.25) is 0 Å². The van der Waals surface area contributed by atoms with E-state index in [2.05, 4.69) is 15.0 Å². The number of aliphatic hydroxyl groups is 2. The molecule has 0 amide bonds. The molecule has 28 heavy (non-hydrogen) atoms. The lowest BCUT2D eigenvalue weighted by atomic mass is 10.1. The summed E-state index contributed by atoms with van der Waals surface area (Å²) in [5.74, 6) is 0.254. The number of nitrogens with two attached hydrogens (primary N) is 2. The van der Waals surface area contributed by atoms with Crippen molar-refractivity contribution in [3.8, 4) is 0 Å². The first-order valence-electron chi connectivity index (χ1n) is 8.31. The number of fused-ring (bicyclic) bond motifs is 1. The second-order valence-electron chi connectivity index (χ2n) is 6.51. The fourth-order valence-electron chi connectivity index (χ4n) is 2.97. The van der Waals surface area contributed by atoms with Crippen LogP contribution in [0.4, 0.5) is 5.82 Å². The quantitative estimate of drug-likeness (QED) is 0.265. The molecule has 3 rings (SSSR count). The van der Waals surface area contributed by atoms with Crippen LogP contribution in [0.3, 0.4) is 0 Å². The predicted octanol–water partition coefficient (Wildman–Crippen LogP) is -4.92. The van der Waals surface area contributed by atoms with E-state index in [-0.39, 0.29) is 29.1 Å². The summed E-state index contributed by atoms with van der Waals surface area (Å²) in [7, 11) is -0.235. The number of imidazole rings is 1. The van der Waals surface area contributed by atoms with Crippen LogP contribution in [0.5, 0.6) is 0 Å². The number of hydrogen-bond acceptors (Lipinski definition) is 9. The molecule has 1 fully saturated rings. The van der Waals surface area contributed by atoms with Gasteiger partial charge in [-0.05, 0) is 10.9 Å². The highest BCUT2D eigenvalue weighted by Crippen LogP contribution is 2.32. The Hall–Kier alpha value is -1.70. The zero-order valence-corrected chi connectivity index (χ0v) is 16.6. The molecule has 1 aliphatic heterocycles. The van der Waals surface area contributed by atoms with Crippen molar-refractivity contribution in [3.63, 3.8) is 0 Å². The first-order valence-corrected chi connectivity index (χ1v) is 10.3. The predicted molar refractivity (Wildman–Crippen MR) is 98.9 cm³/mol. The van der Waals surface area contributed by atoms with Gasteiger partial charge >= 0.3 is 5.97 Å². The smallest absolute Gasteiger partial charge is 0.320 e. The number of carboxylic acid groups (broad SMARTS) is 1. The summed E-state index contributed by atoms with van der Waals surface area (Å²) in [4.78, 5) is 23.0. The van der Waals surface area contributed by atoms with Crippen molar-refractivity contribution < 1.29 is 37.3 Å². The average Bonchev–Trinajstić information content (AvgIpc) is 3.17. The normalized spacial score (nSPS) is 26.7. The molecule has 2 aromatic rings. The summed E-state index contributed by atoms with van der Waals surface area (Å²) in [6.45, 7) is 0. The molecule has 13 heteroatoms. The minimum absolute atomic E-state index is 0. The van der Waals surface area contributed by atoms with Gasteiger partial charge < -0.3 is 43.9 Å². The molecule has 6 atom stereocenters. The summed E-state index contributed by atoms with van der Waals surface area (Å²) in [5, 5.41) is 29.7. The van der Waals surface area contributed by atoms with Crippen LogP contribution < -0.4 is 23.9 Å². The van der Waals surface area contributed by atoms with Crippen molar-refractivity contribution in [1.29, 1.82) is 0 Å². The number of aliphatic carboxylic acids is 1. The number of carboxylic acids is 1. The van der Waals surface area contributed by atoms with E-state index in [4.69, 9.17) is 21.3 Å². The zero-order chi connectivity index (χ0) is 19.7. The molecule has 2 aromatic heterocycles. The number of rotatable bonds is 7. The molecule has 0 bridgehead atoms. The van der Waals surface area contributed by atoms with E-state index in [1.54, 1.807) is 0 Å². The Morgan fingerprint density at radius 3 is 2.75 bits per heavy atom. The molecule has 1 aliphatic rings. The van der Waals surface area contributed by atoms with Crippen molar-refractivity contribution in [1.82, 2.24) is 19.5 Å². The summed E-state index contributed by atoms with van der Waals surface area (Å²) in [5.41, 5.74) is 12.1. The molecule has 7 N–H and O–H groups in total. The van der Waals surface area contributed by atoms with E-state index in [0.717, 1.165) is 0 Å². The molecule has 0 spiro atoms. The van der Waals surface area contributed by atoms with Crippen molar-refractivity contribution in [3.05, 3.63) is 12.7 Å². The highest BCUT2D eigenvalue weighted by Gasteiger charge is 2.46. The Morgan fingerprint density at radius 1 is 1.36 bits per heavy atom. The van der Waals surface area contributed by atoms with Gasteiger partial charge in [-0.25, -0.2) is 15.0 Å². The van der Waals surface area contributed by atoms with Crippen molar-refractivity contribution >= 4 is 33.8 Å². The van der Waals surface area contributed by atoms with Crippen LogP contribution >= 0.6 is 0 Å². The molecule has 0 saturated carbocycles. The Morgan fingerprint density at radius 2 is 2.07 bits per heavy atom. The van der Waals surface area contributed by atoms with Crippen molar-refractivity contribution in [2.24, 2.45) is 5.73 Å². The number of nitrogens with zero attached hydrogens (tertiary/aromatic N) is 4. The lowest BCUT2D eigenvalue weighted by molar-refractivity contribution is -0.138. The summed E-state index contributed by atoms with van der Waals surface area (Å²) < 4.78 is 7.41. The first kappa shape index (κ1) is 22.6. The molecule has 1 saturated heterocycles. The maximum Gasteiger partial charge on any atom is 0.320 e. The number of aromatic nitrogens is 4. The van der Waals surface area contributed by atoms with Gasteiger partial charge in [0.25, 0.3) is 0 Å². The topological polar surface area (TPSA) is 183 Å². The van der Waals surface area contributed by atoms with Gasteiger partial charge in [0.1, 0.15) is 47.7 Å². The molecular formula is C15H23ClN6O5S. The number of hydrogen-bond donors (Lipinski definition) is 5. The third-order valence-corrected chi connectivity index (χ3v) is 6.37. The number of halogens is 1. The van der Waals surface area contributed by atoms with E-state index in [1.165, 1.54) is 17.2 Å². The van der Waals surface area contributed by atoms with E-state index in [9.17, 15) is 15.0 Å². The monoisotopic (exact) mass is 434 g/mol. The SMILES string of the molecule is C[S+](CC[C@@H](N)C(=O)O)C[C@@H]1O[C@H](n2cnc3c(N)ncnc32)[C@@H](O)[C@H]1O.[Cl-]. The number of anilines is 1. The van der Waals surface area contributed by atoms with E-state index >= 15 is 0 Å². The van der Waals surface area contributed by atoms with Crippen LogP contribution in [0, 0.1) is 0 Å². The number of nitrogen functional groups attached to an aromatic ring is 1.